The van der Waals surface area contributed by atoms with Crippen LogP contribution < -0.4 is 0 Å². The van der Waals surface area contributed by atoms with E-state index in [2.05, 4.69) is 4.98 Å². The van der Waals surface area contributed by atoms with Gasteiger partial charge in [0, 0.05) is 42.1 Å². The molecule has 1 fully saturated rings. The minimum atomic E-state index is -0.135. The molecular weight excluding hydrogens is 398 g/mol. The zero-order chi connectivity index (χ0) is 19.5. The summed E-state index contributed by atoms with van der Waals surface area (Å²) >= 11 is 7.43. The molecule has 0 aliphatic carbocycles. The van der Waals surface area contributed by atoms with Crippen LogP contribution in [-0.2, 0) is 11.2 Å². The summed E-state index contributed by atoms with van der Waals surface area (Å²) in [4.78, 5) is 33.0. The number of hydrogen-bond donors (Lipinski definition) is 0. The molecule has 6 nitrogen and oxygen atoms in total. The third kappa shape index (κ3) is 4.10. The van der Waals surface area contributed by atoms with Crippen LogP contribution >= 0.6 is 22.9 Å². The molecule has 0 unspecified atom stereocenters. The van der Waals surface area contributed by atoms with Gasteiger partial charge < -0.3 is 14.2 Å². The fourth-order valence-corrected chi connectivity index (χ4v) is 4.05. The summed E-state index contributed by atoms with van der Waals surface area (Å²) in [5.74, 6) is 0.222. The second-order valence-corrected chi connectivity index (χ2v) is 7.77. The SMILES string of the molecule is O=C(Cc1csc(-c2ccc(Cl)cc2)n1)N1CCN(C(=O)c2ccco2)CC1. The van der Waals surface area contributed by atoms with E-state index in [4.69, 9.17) is 16.0 Å². The summed E-state index contributed by atoms with van der Waals surface area (Å²) in [5.41, 5.74) is 1.74. The van der Waals surface area contributed by atoms with Crippen molar-refractivity contribution in [3.05, 3.63) is 64.5 Å². The molecule has 28 heavy (non-hydrogen) atoms. The maximum atomic E-state index is 12.6. The second-order valence-electron chi connectivity index (χ2n) is 6.48. The van der Waals surface area contributed by atoms with E-state index >= 15 is 0 Å². The molecule has 144 valence electrons. The summed E-state index contributed by atoms with van der Waals surface area (Å²) in [5, 5.41) is 3.46. The highest BCUT2D eigenvalue weighted by Gasteiger charge is 2.26. The van der Waals surface area contributed by atoms with Gasteiger partial charge in [-0.25, -0.2) is 4.98 Å². The summed E-state index contributed by atoms with van der Waals surface area (Å²) in [6.45, 7) is 2.02. The quantitative estimate of drug-likeness (QED) is 0.653. The van der Waals surface area contributed by atoms with Crippen molar-refractivity contribution in [3.63, 3.8) is 0 Å². The number of benzene rings is 1. The molecule has 2 amide bonds. The Bertz CT molecular complexity index is 961. The Morgan fingerprint density at radius 3 is 2.46 bits per heavy atom. The van der Waals surface area contributed by atoms with Crippen molar-refractivity contribution in [1.82, 2.24) is 14.8 Å². The van der Waals surface area contributed by atoms with Crippen molar-refractivity contribution in [2.24, 2.45) is 0 Å². The number of hydrogen-bond acceptors (Lipinski definition) is 5. The number of thiazole rings is 1. The Morgan fingerprint density at radius 2 is 1.79 bits per heavy atom. The molecule has 2 aromatic heterocycles. The van der Waals surface area contributed by atoms with Gasteiger partial charge in [-0.3, -0.25) is 9.59 Å². The van der Waals surface area contributed by atoms with Crippen molar-refractivity contribution in [2.45, 2.75) is 6.42 Å². The van der Waals surface area contributed by atoms with Gasteiger partial charge in [0.25, 0.3) is 5.91 Å². The largest absolute Gasteiger partial charge is 0.459 e. The second kappa shape index (κ2) is 8.16. The summed E-state index contributed by atoms with van der Waals surface area (Å²) < 4.78 is 5.16. The highest BCUT2D eigenvalue weighted by atomic mass is 35.5. The van der Waals surface area contributed by atoms with Gasteiger partial charge >= 0.3 is 0 Å². The first-order valence-electron chi connectivity index (χ1n) is 8.91. The summed E-state index contributed by atoms with van der Waals surface area (Å²) in [6, 6.07) is 10.8. The molecule has 0 radical (unpaired) electrons. The van der Waals surface area contributed by atoms with Gasteiger partial charge in [-0.2, -0.15) is 0 Å². The van der Waals surface area contributed by atoms with Crippen LogP contribution in [0.3, 0.4) is 0 Å². The summed E-state index contributed by atoms with van der Waals surface area (Å²) in [6.07, 6.45) is 1.75. The fraction of sp³-hybridized carbons (Fsp3) is 0.250. The van der Waals surface area contributed by atoms with E-state index in [0.29, 0.717) is 37.0 Å². The van der Waals surface area contributed by atoms with Gasteiger partial charge in [0.2, 0.25) is 5.91 Å². The molecule has 0 bridgehead atoms. The Morgan fingerprint density at radius 1 is 1.07 bits per heavy atom. The maximum Gasteiger partial charge on any atom is 0.289 e. The first-order valence-corrected chi connectivity index (χ1v) is 10.2. The van der Waals surface area contributed by atoms with Gasteiger partial charge in [0.1, 0.15) is 5.01 Å². The number of piperazine rings is 1. The van der Waals surface area contributed by atoms with E-state index in [1.54, 1.807) is 21.9 Å². The van der Waals surface area contributed by atoms with Crippen LogP contribution in [0.15, 0.2) is 52.5 Å². The minimum Gasteiger partial charge on any atom is -0.459 e. The molecule has 8 heteroatoms. The maximum absolute atomic E-state index is 12.6. The molecule has 0 spiro atoms. The van der Waals surface area contributed by atoms with Gasteiger partial charge in [-0.1, -0.05) is 23.7 Å². The molecule has 3 heterocycles. The molecule has 1 aliphatic heterocycles. The monoisotopic (exact) mass is 415 g/mol. The normalized spacial score (nSPS) is 14.3. The van der Waals surface area contributed by atoms with Gasteiger partial charge in [-0.05, 0) is 24.3 Å². The van der Waals surface area contributed by atoms with E-state index in [-0.39, 0.29) is 18.2 Å². The Labute approximate surface area is 171 Å². The molecule has 0 saturated carbocycles. The highest BCUT2D eigenvalue weighted by Crippen LogP contribution is 2.25. The lowest BCUT2D eigenvalue weighted by Crippen LogP contribution is -2.50. The Balaban J connectivity index is 1.32. The van der Waals surface area contributed by atoms with Crippen molar-refractivity contribution >= 4 is 34.8 Å². The van der Waals surface area contributed by atoms with Crippen LogP contribution in [0.25, 0.3) is 10.6 Å². The zero-order valence-corrected chi connectivity index (χ0v) is 16.6. The average molecular weight is 416 g/mol. The highest BCUT2D eigenvalue weighted by molar-refractivity contribution is 7.13. The number of nitrogens with zero attached hydrogens (tertiary/aromatic N) is 3. The van der Waals surface area contributed by atoms with E-state index in [1.165, 1.54) is 17.6 Å². The smallest absolute Gasteiger partial charge is 0.289 e. The zero-order valence-electron chi connectivity index (χ0n) is 15.0. The van der Waals surface area contributed by atoms with E-state index < -0.39 is 0 Å². The first-order chi connectivity index (χ1) is 13.6. The predicted molar refractivity (Wildman–Crippen MR) is 107 cm³/mol. The van der Waals surface area contributed by atoms with Gasteiger partial charge in [0.15, 0.2) is 5.76 Å². The number of carbonyl (C=O) groups excluding carboxylic acids is 2. The predicted octanol–water partition coefficient (Wildman–Crippen LogP) is 3.58. The number of rotatable bonds is 4. The molecule has 0 atom stereocenters. The molecule has 1 aliphatic rings. The number of halogens is 1. The average Bonchev–Trinajstić information content (AvgIpc) is 3.40. The van der Waals surface area contributed by atoms with Crippen LogP contribution in [0.5, 0.6) is 0 Å². The molecule has 4 rings (SSSR count). The third-order valence-electron chi connectivity index (χ3n) is 4.63. The summed E-state index contributed by atoms with van der Waals surface area (Å²) in [7, 11) is 0. The lowest BCUT2D eigenvalue weighted by Gasteiger charge is -2.34. The van der Waals surface area contributed by atoms with E-state index in [0.717, 1.165) is 16.3 Å². The van der Waals surface area contributed by atoms with E-state index in [9.17, 15) is 9.59 Å². The van der Waals surface area contributed by atoms with E-state index in [1.807, 2.05) is 29.6 Å². The van der Waals surface area contributed by atoms with Crippen molar-refractivity contribution in [2.75, 3.05) is 26.2 Å². The lowest BCUT2D eigenvalue weighted by molar-refractivity contribution is -0.132. The molecule has 0 N–H and O–H groups in total. The Hall–Kier alpha value is -2.64. The number of aromatic nitrogens is 1. The third-order valence-corrected chi connectivity index (χ3v) is 5.82. The minimum absolute atomic E-state index is 0.0260. The fourth-order valence-electron chi connectivity index (χ4n) is 3.09. The van der Waals surface area contributed by atoms with Crippen LogP contribution in [0, 0.1) is 0 Å². The Kier molecular flexibility index (Phi) is 5.45. The van der Waals surface area contributed by atoms with Crippen molar-refractivity contribution in [3.8, 4) is 10.6 Å². The lowest BCUT2D eigenvalue weighted by atomic mass is 10.2. The topological polar surface area (TPSA) is 66.7 Å². The van der Waals surface area contributed by atoms with Crippen LogP contribution in [0.2, 0.25) is 5.02 Å². The van der Waals surface area contributed by atoms with Crippen LogP contribution in [0.4, 0.5) is 0 Å². The van der Waals surface area contributed by atoms with Crippen molar-refractivity contribution < 1.29 is 14.0 Å². The number of furan rings is 1. The molecular formula is C20H18ClN3O3S. The number of carbonyl (C=O) groups is 2. The first kappa shape index (κ1) is 18.7. The molecule has 1 aromatic carbocycles. The van der Waals surface area contributed by atoms with Crippen molar-refractivity contribution in [1.29, 1.82) is 0 Å². The standard InChI is InChI=1S/C20H18ClN3O3S/c21-15-5-3-14(4-6-15)19-22-16(13-28-19)12-18(25)23-7-9-24(10-8-23)20(26)17-2-1-11-27-17/h1-6,11,13H,7-10,12H2. The van der Waals surface area contributed by atoms with Gasteiger partial charge in [0.05, 0.1) is 18.4 Å². The number of amides is 2. The van der Waals surface area contributed by atoms with Gasteiger partial charge in [-0.15, -0.1) is 11.3 Å². The molecule has 3 aromatic rings. The van der Waals surface area contributed by atoms with Crippen LogP contribution in [0.1, 0.15) is 16.2 Å². The molecule has 1 saturated heterocycles. The van der Waals surface area contributed by atoms with Crippen LogP contribution in [-0.4, -0.2) is 52.8 Å².